The number of likely N-dealkylation sites (tertiary alicyclic amines) is 1. The lowest BCUT2D eigenvalue weighted by Gasteiger charge is -2.28. The van der Waals surface area contributed by atoms with E-state index in [2.05, 4.69) is 10.6 Å². The molecule has 3 amide bonds. The van der Waals surface area contributed by atoms with Crippen LogP contribution >= 0.6 is 11.6 Å². The molecule has 1 saturated heterocycles. The Hall–Kier alpha value is -1.82. The maximum Gasteiger partial charge on any atom is 0.321 e. The smallest absolute Gasteiger partial charge is 0.321 e. The molecule has 24 heavy (non-hydrogen) atoms. The number of hydrogen-bond donors (Lipinski definition) is 2. The van der Waals surface area contributed by atoms with Crippen molar-refractivity contribution in [3.63, 3.8) is 0 Å². The van der Waals surface area contributed by atoms with Gasteiger partial charge in [0.1, 0.15) is 0 Å². The first-order valence-electron chi connectivity index (χ1n) is 8.18. The highest BCUT2D eigenvalue weighted by molar-refractivity contribution is 6.31. The van der Waals surface area contributed by atoms with Crippen LogP contribution in [0, 0.1) is 17.2 Å². The molecule has 130 valence electrons. The number of anilines is 1. The third-order valence-corrected chi connectivity index (χ3v) is 5.58. The zero-order valence-electron chi connectivity index (χ0n) is 13.6. The van der Waals surface area contributed by atoms with Crippen molar-refractivity contribution in [3.05, 3.63) is 29.0 Å². The number of benzene rings is 1. The first kappa shape index (κ1) is 17.0. The summed E-state index contributed by atoms with van der Waals surface area (Å²) >= 11 is 5.75. The highest BCUT2D eigenvalue weighted by Gasteiger charge is 2.52. The van der Waals surface area contributed by atoms with Crippen molar-refractivity contribution in [1.29, 1.82) is 0 Å². The summed E-state index contributed by atoms with van der Waals surface area (Å²) in [5.41, 5.74) is -0.0963. The lowest BCUT2D eigenvalue weighted by molar-refractivity contribution is -0.127. The van der Waals surface area contributed by atoms with E-state index in [9.17, 15) is 14.0 Å². The molecule has 1 aliphatic heterocycles. The first-order valence-corrected chi connectivity index (χ1v) is 8.56. The van der Waals surface area contributed by atoms with Gasteiger partial charge < -0.3 is 15.5 Å². The summed E-state index contributed by atoms with van der Waals surface area (Å²) in [6, 6.07) is 4.08. The first-order chi connectivity index (χ1) is 11.5. The zero-order valence-corrected chi connectivity index (χ0v) is 14.3. The van der Waals surface area contributed by atoms with Gasteiger partial charge in [0.05, 0.1) is 16.6 Å². The molecule has 2 fully saturated rings. The number of carbonyl (C=O) groups excluding carboxylic acids is 2. The molecule has 0 aromatic heterocycles. The maximum atomic E-state index is 14.0. The highest BCUT2D eigenvalue weighted by atomic mass is 35.5. The number of amides is 3. The topological polar surface area (TPSA) is 61.4 Å². The molecule has 3 rings (SSSR count). The van der Waals surface area contributed by atoms with Crippen LogP contribution in [0.2, 0.25) is 5.02 Å². The van der Waals surface area contributed by atoms with Crippen LogP contribution in [0.4, 0.5) is 14.9 Å². The SMILES string of the molecule is CNC(=O)C1CN(C(=O)Nc2cccc(Cl)c2F)CC12CCCC2. The summed E-state index contributed by atoms with van der Waals surface area (Å²) in [7, 11) is 1.62. The summed E-state index contributed by atoms with van der Waals surface area (Å²) in [5, 5.41) is 5.24. The van der Waals surface area contributed by atoms with Gasteiger partial charge in [0, 0.05) is 25.6 Å². The molecule has 2 aliphatic rings. The molecule has 0 radical (unpaired) electrons. The van der Waals surface area contributed by atoms with Crippen LogP contribution in [0.15, 0.2) is 18.2 Å². The minimum atomic E-state index is -0.648. The van der Waals surface area contributed by atoms with Crippen molar-refractivity contribution < 1.29 is 14.0 Å². The summed E-state index contributed by atoms with van der Waals surface area (Å²) in [6.45, 7) is 0.882. The Morgan fingerprint density at radius 1 is 1.33 bits per heavy atom. The van der Waals surface area contributed by atoms with Crippen LogP contribution < -0.4 is 10.6 Å². The molecule has 5 nitrogen and oxygen atoms in total. The van der Waals surface area contributed by atoms with Gasteiger partial charge in [-0.15, -0.1) is 0 Å². The number of halogens is 2. The molecule has 1 heterocycles. The Balaban J connectivity index is 1.76. The van der Waals surface area contributed by atoms with Crippen molar-refractivity contribution >= 4 is 29.2 Å². The van der Waals surface area contributed by atoms with E-state index in [-0.39, 0.29) is 28.0 Å². The van der Waals surface area contributed by atoms with E-state index in [1.165, 1.54) is 12.1 Å². The van der Waals surface area contributed by atoms with E-state index >= 15 is 0 Å². The minimum Gasteiger partial charge on any atom is -0.359 e. The molecular formula is C17H21ClFN3O2. The largest absolute Gasteiger partial charge is 0.359 e. The predicted octanol–water partition coefficient (Wildman–Crippen LogP) is 3.25. The van der Waals surface area contributed by atoms with Gasteiger partial charge in [-0.25, -0.2) is 9.18 Å². The summed E-state index contributed by atoms with van der Waals surface area (Å²) in [4.78, 5) is 26.4. The monoisotopic (exact) mass is 353 g/mol. The number of nitrogens with one attached hydrogen (secondary N) is 2. The zero-order chi connectivity index (χ0) is 17.3. The van der Waals surface area contributed by atoms with Crippen LogP contribution in [-0.4, -0.2) is 37.0 Å². The van der Waals surface area contributed by atoms with Gasteiger partial charge in [-0.3, -0.25) is 4.79 Å². The normalized spacial score (nSPS) is 22.0. The molecule has 7 heteroatoms. The van der Waals surface area contributed by atoms with Crippen molar-refractivity contribution in [2.45, 2.75) is 25.7 Å². The standard InChI is InChI=1S/C17H21ClFN3O2/c1-20-15(23)11-9-22(10-17(11)7-2-3-8-17)16(24)21-13-6-4-5-12(18)14(13)19/h4-6,11H,2-3,7-10H2,1H3,(H,20,23)(H,21,24). The van der Waals surface area contributed by atoms with Crippen LogP contribution in [-0.2, 0) is 4.79 Å². The number of urea groups is 1. The predicted molar refractivity (Wildman–Crippen MR) is 90.5 cm³/mol. The fraction of sp³-hybridized carbons (Fsp3) is 0.529. The molecular weight excluding hydrogens is 333 g/mol. The molecule has 1 aromatic carbocycles. The maximum absolute atomic E-state index is 14.0. The van der Waals surface area contributed by atoms with Gasteiger partial charge in [0.15, 0.2) is 5.82 Å². The summed E-state index contributed by atoms with van der Waals surface area (Å²) in [5.74, 6) is -0.883. The molecule has 1 atom stereocenters. The Kier molecular flexibility index (Phi) is 4.67. The van der Waals surface area contributed by atoms with Crippen LogP contribution in [0.5, 0.6) is 0 Å². The third-order valence-electron chi connectivity index (χ3n) is 5.29. The number of nitrogens with zero attached hydrogens (tertiary/aromatic N) is 1. The molecule has 2 N–H and O–H groups in total. The third kappa shape index (κ3) is 2.95. The number of rotatable bonds is 2. The van der Waals surface area contributed by atoms with E-state index in [0.717, 1.165) is 25.7 Å². The highest BCUT2D eigenvalue weighted by Crippen LogP contribution is 2.49. The Labute approximate surface area is 145 Å². The Bertz CT molecular complexity index is 661. The molecule has 1 spiro atoms. The molecule has 1 saturated carbocycles. The Morgan fingerprint density at radius 2 is 2.04 bits per heavy atom. The van der Waals surface area contributed by atoms with Gasteiger partial charge >= 0.3 is 6.03 Å². The minimum absolute atomic E-state index is 0.0267. The second kappa shape index (κ2) is 6.59. The lowest BCUT2D eigenvalue weighted by Crippen LogP contribution is -2.38. The lowest BCUT2D eigenvalue weighted by atomic mass is 9.76. The van der Waals surface area contributed by atoms with E-state index in [1.807, 2.05) is 0 Å². The summed E-state index contributed by atoms with van der Waals surface area (Å²) in [6.07, 6.45) is 4.04. The average Bonchev–Trinajstić information content (AvgIpc) is 3.19. The average molecular weight is 354 g/mol. The van der Waals surface area contributed by atoms with Gasteiger partial charge in [0.25, 0.3) is 0 Å². The number of carbonyl (C=O) groups is 2. The fourth-order valence-electron chi connectivity index (χ4n) is 4.04. The van der Waals surface area contributed by atoms with E-state index < -0.39 is 11.8 Å². The fourth-order valence-corrected chi connectivity index (χ4v) is 4.21. The van der Waals surface area contributed by atoms with Gasteiger partial charge in [-0.05, 0) is 25.0 Å². The van der Waals surface area contributed by atoms with Crippen LogP contribution in [0.3, 0.4) is 0 Å². The quantitative estimate of drug-likeness (QED) is 0.857. The van der Waals surface area contributed by atoms with Crippen LogP contribution in [0.25, 0.3) is 0 Å². The molecule has 1 unspecified atom stereocenters. The van der Waals surface area contributed by atoms with Crippen molar-refractivity contribution in [2.75, 3.05) is 25.5 Å². The summed E-state index contributed by atoms with van der Waals surface area (Å²) < 4.78 is 14.0. The van der Waals surface area contributed by atoms with Crippen molar-refractivity contribution in [3.8, 4) is 0 Å². The van der Waals surface area contributed by atoms with Crippen molar-refractivity contribution in [2.24, 2.45) is 11.3 Å². The van der Waals surface area contributed by atoms with E-state index in [4.69, 9.17) is 11.6 Å². The van der Waals surface area contributed by atoms with E-state index in [1.54, 1.807) is 18.0 Å². The molecule has 1 aliphatic carbocycles. The molecule has 0 bridgehead atoms. The van der Waals surface area contributed by atoms with Gasteiger partial charge in [0.2, 0.25) is 5.91 Å². The van der Waals surface area contributed by atoms with Gasteiger partial charge in [-0.1, -0.05) is 30.5 Å². The second-order valence-corrected chi connectivity index (χ2v) is 7.06. The van der Waals surface area contributed by atoms with Crippen LogP contribution in [0.1, 0.15) is 25.7 Å². The number of hydrogen-bond acceptors (Lipinski definition) is 2. The second-order valence-electron chi connectivity index (χ2n) is 6.65. The van der Waals surface area contributed by atoms with E-state index in [0.29, 0.717) is 13.1 Å². The Morgan fingerprint density at radius 3 is 2.71 bits per heavy atom. The molecule has 1 aromatic rings. The van der Waals surface area contributed by atoms with Gasteiger partial charge in [-0.2, -0.15) is 0 Å². The van der Waals surface area contributed by atoms with Crippen molar-refractivity contribution in [1.82, 2.24) is 10.2 Å².